The van der Waals surface area contributed by atoms with Crippen LogP contribution < -0.4 is 5.73 Å². The molecule has 1 amide bonds. The molecule has 0 aliphatic carbocycles. The van der Waals surface area contributed by atoms with Crippen molar-refractivity contribution in [2.75, 3.05) is 0 Å². The maximum atomic E-state index is 11.5. The standard InChI is InChI=1S/C20H16N5O/c21-19(26)17-10-11-18(25-20(17)23-13-24-25)15-7-4-14(5-8-15)6-9-16-3-1-2-12-22-16/h1-5,7-8,10-12H,6,9H2,(H2,21,26). The first kappa shape index (κ1) is 16.0. The predicted octanol–water partition coefficient (Wildman–Crippen LogP) is 2.48. The summed E-state index contributed by atoms with van der Waals surface area (Å²) in [6.45, 7) is 0. The van der Waals surface area contributed by atoms with Gasteiger partial charge in [-0.1, -0.05) is 30.3 Å². The topological polar surface area (TPSA) is 86.2 Å². The lowest BCUT2D eigenvalue weighted by Gasteiger charge is -2.08. The van der Waals surface area contributed by atoms with Crippen LogP contribution in [0.3, 0.4) is 0 Å². The molecule has 0 aliphatic heterocycles. The van der Waals surface area contributed by atoms with Gasteiger partial charge in [-0.25, -0.2) is 9.50 Å². The summed E-state index contributed by atoms with van der Waals surface area (Å²) in [5.41, 5.74) is 10.2. The van der Waals surface area contributed by atoms with Gasteiger partial charge < -0.3 is 5.73 Å². The summed E-state index contributed by atoms with van der Waals surface area (Å²) in [4.78, 5) is 19.9. The number of amides is 1. The van der Waals surface area contributed by atoms with Gasteiger partial charge in [0.2, 0.25) is 6.33 Å². The first-order valence-corrected chi connectivity index (χ1v) is 8.27. The van der Waals surface area contributed by atoms with E-state index in [0.717, 1.165) is 29.8 Å². The minimum absolute atomic E-state index is 0.328. The van der Waals surface area contributed by atoms with Crippen molar-refractivity contribution in [3.8, 4) is 11.3 Å². The molecule has 0 atom stereocenters. The SMILES string of the molecule is NC(=O)c1ccc(-c2ccc(CCc3ccccn3)cc2)n2n[c]nc12. The van der Waals surface area contributed by atoms with Crippen LogP contribution in [-0.4, -0.2) is 25.5 Å². The minimum atomic E-state index is -0.534. The smallest absolute Gasteiger partial charge is 0.252 e. The van der Waals surface area contributed by atoms with Gasteiger partial charge >= 0.3 is 0 Å². The summed E-state index contributed by atoms with van der Waals surface area (Å²) in [6, 6.07) is 17.7. The van der Waals surface area contributed by atoms with Gasteiger partial charge in [-0.05, 0) is 42.7 Å². The molecule has 4 aromatic rings. The Morgan fingerprint density at radius 2 is 1.88 bits per heavy atom. The number of aromatic nitrogens is 4. The van der Waals surface area contributed by atoms with Crippen LogP contribution in [0.2, 0.25) is 0 Å². The number of hydrogen-bond acceptors (Lipinski definition) is 4. The number of aryl methyl sites for hydroxylation is 2. The zero-order chi connectivity index (χ0) is 17.9. The van der Waals surface area contributed by atoms with Gasteiger partial charge in [-0.15, -0.1) is 5.10 Å². The van der Waals surface area contributed by atoms with Crippen LogP contribution in [0, 0.1) is 6.33 Å². The second-order valence-electron chi connectivity index (χ2n) is 5.96. The van der Waals surface area contributed by atoms with Crippen LogP contribution >= 0.6 is 0 Å². The third kappa shape index (κ3) is 3.04. The molecule has 6 nitrogen and oxygen atoms in total. The van der Waals surface area contributed by atoms with Crippen LogP contribution in [0.4, 0.5) is 0 Å². The monoisotopic (exact) mass is 342 g/mol. The van der Waals surface area contributed by atoms with Gasteiger partial charge in [-0.3, -0.25) is 9.78 Å². The van der Waals surface area contributed by atoms with Gasteiger partial charge in [0.1, 0.15) is 0 Å². The molecule has 0 fully saturated rings. The number of pyridine rings is 2. The summed E-state index contributed by atoms with van der Waals surface area (Å²) in [5, 5.41) is 4.10. The third-order valence-electron chi connectivity index (χ3n) is 4.29. The molecule has 3 aromatic heterocycles. The number of nitrogens with two attached hydrogens (primary N) is 1. The highest BCUT2D eigenvalue weighted by atomic mass is 16.1. The van der Waals surface area contributed by atoms with Crippen LogP contribution in [0.15, 0.2) is 60.8 Å². The maximum absolute atomic E-state index is 11.5. The van der Waals surface area contributed by atoms with Gasteiger partial charge in [0, 0.05) is 17.5 Å². The van der Waals surface area contributed by atoms with Crippen molar-refractivity contribution < 1.29 is 4.79 Å². The highest BCUT2D eigenvalue weighted by Crippen LogP contribution is 2.22. The molecule has 2 N–H and O–H groups in total. The molecular weight excluding hydrogens is 326 g/mol. The van der Waals surface area contributed by atoms with Crippen molar-refractivity contribution >= 4 is 11.6 Å². The second-order valence-corrected chi connectivity index (χ2v) is 5.96. The van der Waals surface area contributed by atoms with E-state index in [4.69, 9.17) is 5.73 Å². The van der Waals surface area contributed by atoms with E-state index >= 15 is 0 Å². The Kier molecular flexibility index (Phi) is 4.15. The summed E-state index contributed by atoms with van der Waals surface area (Å²) in [7, 11) is 0. The number of benzene rings is 1. The average Bonchev–Trinajstić information content (AvgIpc) is 3.16. The molecule has 1 aromatic carbocycles. The van der Waals surface area contributed by atoms with E-state index in [0.29, 0.717) is 11.2 Å². The molecule has 127 valence electrons. The maximum Gasteiger partial charge on any atom is 0.252 e. The van der Waals surface area contributed by atoms with E-state index in [2.05, 4.69) is 33.5 Å². The largest absolute Gasteiger partial charge is 0.365 e. The van der Waals surface area contributed by atoms with Crippen LogP contribution in [-0.2, 0) is 12.8 Å². The lowest BCUT2D eigenvalue weighted by atomic mass is 10.0. The van der Waals surface area contributed by atoms with Crippen LogP contribution in [0.5, 0.6) is 0 Å². The van der Waals surface area contributed by atoms with Crippen LogP contribution in [0.1, 0.15) is 21.6 Å². The summed E-state index contributed by atoms with van der Waals surface area (Å²) in [5.74, 6) is -0.534. The van der Waals surface area contributed by atoms with Crippen molar-refractivity contribution in [3.05, 3.63) is 83.9 Å². The second kappa shape index (κ2) is 6.76. The molecule has 0 saturated carbocycles. The zero-order valence-electron chi connectivity index (χ0n) is 14.0. The highest BCUT2D eigenvalue weighted by molar-refractivity contribution is 5.99. The number of primary amides is 1. The quantitative estimate of drug-likeness (QED) is 0.604. The fraction of sp³-hybridized carbons (Fsp3) is 0.100. The fourth-order valence-corrected chi connectivity index (χ4v) is 2.93. The number of hydrogen-bond donors (Lipinski definition) is 1. The lowest BCUT2D eigenvalue weighted by Crippen LogP contribution is -2.13. The Morgan fingerprint density at radius 1 is 1.04 bits per heavy atom. The van der Waals surface area contributed by atoms with Crippen LogP contribution in [0.25, 0.3) is 16.9 Å². The zero-order valence-corrected chi connectivity index (χ0v) is 14.0. The number of fused-ring (bicyclic) bond motifs is 1. The molecule has 0 aliphatic rings. The van der Waals surface area contributed by atoms with E-state index in [1.807, 2.05) is 42.6 Å². The Hall–Kier alpha value is -3.54. The lowest BCUT2D eigenvalue weighted by molar-refractivity contribution is 0.100. The van der Waals surface area contributed by atoms with Crippen molar-refractivity contribution in [2.24, 2.45) is 5.73 Å². The van der Waals surface area contributed by atoms with Gasteiger partial charge in [0.25, 0.3) is 5.91 Å². The van der Waals surface area contributed by atoms with Crippen molar-refractivity contribution in [1.29, 1.82) is 0 Å². The molecule has 0 bridgehead atoms. The fourth-order valence-electron chi connectivity index (χ4n) is 2.93. The normalized spacial score (nSPS) is 10.9. The summed E-state index contributed by atoms with van der Waals surface area (Å²) < 4.78 is 1.59. The molecule has 4 rings (SSSR count). The predicted molar refractivity (Wildman–Crippen MR) is 97.4 cm³/mol. The Bertz CT molecular complexity index is 1050. The Labute approximate surface area is 150 Å². The third-order valence-corrected chi connectivity index (χ3v) is 4.29. The molecule has 6 heteroatoms. The summed E-state index contributed by atoms with van der Waals surface area (Å²) in [6.07, 6.45) is 6.17. The number of rotatable bonds is 5. The Balaban J connectivity index is 1.59. The first-order chi connectivity index (χ1) is 12.7. The number of carbonyl (C=O) groups excluding carboxylic acids is 1. The molecule has 3 heterocycles. The van der Waals surface area contributed by atoms with Crippen molar-refractivity contribution in [3.63, 3.8) is 0 Å². The first-order valence-electron chi connectivity index (χ1n) is 8.27. The molecule has 0 saturated heterocycles. The van der Waals surface area contributed by atoms with E-state index in [9.17, 15) is 4.79 Å². The van der Waals surface area contributed by atoms with E-state index < -0.39 is 5.91 Å². The van der Waals surface area contributed by atoms with Gasteiger partial charge in [0.15, 0.2) is 5.65 Å². The summed E-state index contributed by atoms with van der Waals surface area (Å²) >= 11 is 0. The van der Waals surface area contributed by atoms with Crippen molar-refractivity contribution in [1.82, 2.24) is 19.6 Å². The minimum Gasteiger partial charge on any atom is -0.365 e. The molecule has 1 radical (unpaired) electrons. The van der Waals surface area contributed by atoms with E-state index in [1.54, 1.807) is 10.6 Å². The van der Waals surface area contributed by atoms with E-state index in [-0.39, 0.29) is 0 Å². The molecular formula is C20H16N5O. The molecule has 0 unspecified atom stereocenters. The number of nitrogens with zero attached hydrogens (tertiary/aromatic N) is 4. The average molecular weight is 342 g/mol. The molecule has 0 spiro atoms. The van der Waals surface area contributed by atoms with Gasteiger partial charge in [-0.2, -0.15) is 0 Å². The van der Waals surface area contributed by atoms with Gasteiger partial charge in [0.05, 0.1) is 11.3 Å². The van der Waals surface area contributed by atoms with E-state index in [1.165, 1.54) is 5.56 Å². The molecule has 26 heavy (non-hydrogen) atoms. The number of carbonyl (C=O) groups is 1. The highest BCUT2D eigenvalue weighted by Gasteiger charge is 2.13. The Morgan fingerprint density at radius 3 is 2.62 bits per heavy atom. The van der Waals surface area contributed by atoms with Crippen molar-refractivity contribution in [2.45, 2.75) is 12.8 Å².